The zero-order valence-corrected chi connectivity index (χ0v) is 22.1. The smallest absolute Gasteiger partial charge is 0.225 e. The summed E-state index contributed by atoms with van der Waals surface area (Å²) in [5.41, 5.74) is 3.78. The van der Waals surface area contributed by atoms with E-state index in [1.165, 1.54) is 23.3 Å². The van der Waals surface area contributed by atoms with Crippen LogP contribution in [0, 0.1) is 23.5 Å². The molecular weight excluding hydrogens is 472 g/mol. The van der Waals surface area contributed by atoms with E-state index in [-0.39, 0.29) is 17.6 Å². The maximum absolute atomic E-state index is 13.2. The van der Waals surface area contributed by atoms with Crippen LogP contribution in [-0.2, 0) is 17.6 Å². The maximum atomic E-state index is 13.2. The zero-order chi connectivity index (χ0) is 26.2. The number of hydrogen-bond donors (Lipinski definition) is 1. The van der Waals surface area contributed by atoms with Gasteiger partial charge in [0, 0.05) is 55.9 Å². The number of aryl methyl sites for hydroxylation is 1. The van der Waals surface area contributed by atoms with Crippen molar-refractivity contribution in [1.82, 2.24) is 4.90 Å². The Morgan fingerprint density at radius 2 is 1.92 bits per heavy atom. The Morgan fingerprint density at radius 1 is 1.14 bits per heavy atom. The molecule has 37 heavy (non-hydrogen) atoms. The van der Waals surface area contributed by atoms with Gasteiger partial charge >= 0.3 is 0 Å². The summed E-state index contributed by atoms with van der Waals surface area (Å²) in [6, 6.07) is 9.89. The van der Waals surface area contributed by atoms with E-state index in [4.69, 9.17) is 9.73 Å². The molecule has 0 bridgehead atoms. The van der Waals surface area contributed by atoms with Crippen LogP contribution in [0.5, 0.6) is 5.75 Å². The minimum absolute atomic E-state index is 0.109. The number of nitrogens with zero attached hydrogens (tertiary/aromatic N) is 2. The van der Waals surface area contributed by atoms with Crippen LogP contribution in [0.2, 0.25) is 0 Å². The first-order valence-electron chi connectivity index (χ1n) is 13.7. The summed E-state index contributed by atoms with van der Waals surface area (Å²) in [6.45, 7) is 6.99. The number of ether oxygens (including phenoxy) is 1. The van der Waals surface area contributed by atoms with E-state index in [9.17, 15) is 13.6 Å². The van der Waals surface area contributed by atoms with E-state index in [1.54, 1.807) is 0 Å². The molecule has 2 aromatic rings. The van der Waals surface area contributed by atoms with Gasteiger partial charge in [0.2, 0.25) is 5.91 Å². The van der Waals surface area contributed by atoms with Gasteiger partial charge in [-0.1, -0.05) is 38.8 Å². The second kappa shape index (κ2) is 13.0. The number of halogens is 2. The van der Waals surface area contributed by atoms with Gasteiger partial charge in [0.05, 0.1) is 6.61 Å². The van der Waals surface area contributed by atoms with Gasteiger partial charge in [0.15, 0.2) is 0 Å². The quantitative estimate of drug-likeness (QED) is 0.335. The second-order valence-corrected chi connectivity index (χ2v) is 10.4. The molecule has 2 atom stereocenters. The van der Waals surface area contributed by atoms with Crippen LogP contribution < -0.4 is 10.1 Å². The minimum atomic E-state index is -0.617. The van der Waals surface area contributed by atoms with Crippen molar-refractivity contribution in [2.75, 3.05) is 31.6 Å². The van der Waals surface area contributed by atoms with E-state index < -0.39 is 11.6 Å². The molecular formula is C30H39F2N3O2. The summed E-state index contributed by atoms with van der Waals surface area (Å²) in [5, 5.41) is 3.47. The van der Waals surface area contributed by atoms with Gasteiger partial charge in [0.25, 0.3) is 0 Å². The summed E-state index contributed by atoms with van der Waals surface area (Å²) in [5.74, 6) is 0.873. The van der Waals surface area contributed by atoms with Crippen LogP contribution in [-0.4, -0.2) is 42.9 Å². The number of benzene rings is 2. The molecule has 5 nitrogen and oxygen atoms in total. The number of nitrogens with one attached hydrogen (secondary N) is 1. The van der Waals surface area contributed by atoms with Crippen molar-refractivity contribution in [3.8, 4) is 5.75 Å². The number of aliphatic imine (C=N–C) groups is 1. The molecule has 1 saturated heterocycles. The number of anilines is 1. The molecule has 0 saturated carbocycles. The first kappa shape index (κ1) is 27.1. The van der Waals surface area contributed by atoms with Crippen LogP contribution in [0.25, 0.3) is 0 Å². The predicted molar refractivity (Wildman–Crippen MR) is 144 cm³/mol. The summed E-state index contributed by atoms with van der Waals surface area (Å²) in [4.78, 5) is 19.3. The number of carbonyl (C=O) groups is 1. The number of carbonyl (C=O) groups excluding carboxylic acids is 1. The number of likely N-dealkylation sites (tertiary alicyclic amines) is 1. The molecule has 2 aliphatic heterocycles. The Kier molecular flexibility index (Phi) is 9.53. The molecule has 0 aromatic heterocycles. The monoisotopic (exact) mass is 511 g/mol. The molecule has 4 rings (SSSR count). The minimum Gasteiger partial charge on any atom is -0.493 e. The maximum Gasteiger partial charge on any atom is 0.225 e. The number of fused-ring (bicyclic) bond motifs is 1. The number of rotatable bonds is 12. The molecule has 0 spiro atoms. The molecule has 0 radical (unpaired) electrons. The second-order valence-electron chi connectivity index (χ2n) is 10.4. The normalized spacial score (nSPS) is 18.6. The van der Waals surface area contributed by atoms with Crippen molar-refractivity contribution in [2.24, 2.45) is 16.8 Å². The third-order valence-corrected chi connectivity index (χ3v) is 7.44. The van der Waals surface area contributed by atoms with Crippen molar-refractivity contribution >= 4 is 17.4 Å². The highest BCUT2D eigenvalue weighted by molar-refractivity contribution is 6.03. The van der Waals surface area contributed by atoms with Crippen LogP contribution in [0.1, 0.15) is 63.5 Å². The molecule has 1 fully saturated rings. The Balaban J connectivity index is 1.13. The van der Waals surface area contributed by atoms with E-state index >= 15 is 0 Å². The van der Waals surface area contributed by atoms with Crippen molar-refractivity contribution in [3.63, 3.8) is 0 Å². The third-order valence-electron chi connectivity index (χ3n) is 7.44. The molecule has 1 N–H and O–H groups in total. The van der Waals surface area contributed by atoms with Crippen molar-refractivity contribution in [3.05, 3.63) is 59.2 Å². The first-order chi connectivity index (χ1) is 17.9. The first-order valence-corrected chi connectivity index (χ1v) is 13.7. The molecule has 2 aliphatic rings. The highest BCUT2D eigenvalue weighted by Crippen LogP contribution is 2.26. The van der Waals surface area contributed by atoms with Crippen molar-refractivity contribution < 1.29 is 18.3 Å². The molecule has 200 valence electrons. The van der Waals surface area contributed by atoms with E-state index in [1.807, 2.05) is 11.8 Å². The van der Waals surface area contributed by atoms with E-state index in [2.05, 4.69) is 30.4 Å². The van der Waals surface area contributed by atoms with Gasteiger partial charge in [-0.05, 0) is 55.2 Å². The molecule has 2 aromatic carbocycles. The van der Waals surface area contributed by atoms with E-state index in [0.717, 1.165) is 88.6 Å². The fourth-order valence-electron chi connectivity index (χ4n) is 5.04. The average Bonchev–Trinajstić information content (AvgIpc) is 3.52. The fourth-order valence-corrected chi connectivity index (χ4v) is 5.04. The van der Waals surface area contributed by atoms with Gasteiger partial charge in [-0.25, -0.2) is 8.78 Å². The molecule has 7 heteroatoms. The van der Waals surface area contributed by atoms with Gasteiger partial charge in [-0.2, -0.15) is 0 Å². The van der Waals surface area contributed by atoms with Crippen LogP contribution in [0.15, 0.2) is 41.4 Å². The van der Waals surface area contributed by atoms with Gasteiger partial charge < -0.3 is 15.0 Å². The number of hydrogen-bond acceptors (Lipinski definition) is 3. The Hall–Kier alpha value is -2.96. The summed E-state index contributed by atoms with van der Waals surface area (Å²) < 4.78 is 31.9. The van der Waals surface area contributed by atoms with Crippen LogP contribution in [0.3, 0.4) is 0 Å². The van der Waals surface area contributed by atoms with Crippen molar-refractivity contribution in [2.45, 2.75) is 65.2 Å². The number of unbranched alkanes of at least 4 members (excludes halogenated alkanes) is 3. The molecule has 0 aliphatic carbocycles. The molecule has 2 heterocycles. The SMILES string of the molecule is CCC(C)C(=O)N1CCC(CN=C2Cc3cc(CCCCCCOc4cc(F)cc(F)c4)ccc3N2)C1. The van der Waals surface area contributed by atoms with Crippen LogP contribution >= 0.6 is 0 Å². The van der Waals surface area contributed by atoms with Gasteiger partial charge in [-0.3, -0.25) is 9.79 Å². The lowest BCUT2D eigenvalue weighted by atomic mass is 10.0. The van der Waals surface area contributed by atoms with E-state index in [0.29, 0.717) is 12.5 Å². The largest absolute Gasteiger partial charge is 0.493 e. The van der Waals surface area contributed by atoms with Gasteiger partial charge in [0.1, 0.15) is 23.2 Å². The summed E-state index contributed by atoms with van der Waals surface area (Å²) in [6.07, 6.45) is 7.84. The topological polar surface area (TPSA) is 53.9 Å². The number of amides is 1. The lowest BCUT2D eigenvalue weighted by Gasteiger charge is -2.19. The lowest BCUT2D eigenvalue weighted by molar-refractivity contribution is -0.134. The highest BCUT2D eigenvalue weighted by Gasteiger charge is 2.28. The standard InChI is InChI=1S/C30H39F2N3O2/c1-3-21(2)30(36)35-12-11-23(20-35)19-33-29-15-24-14-22(9-10-28(24)34-29)8-6-4-5-7-13-37-27-17-25(31)16-26(32)18-27/h9-10,14,16-18,21,23H,3-8,11-13,15,19-20H2,1-2H3,(H,33,34). The zero-order valence-electron chi connectivity index (χ0n) is 22.1. The molecule has 2 unspecified atom stereocenters. The Morgan fingerprint density at radius 3 is 2.70 bits per heavy atom. The fraction of sp³-hybridized carbons (Fsp3) is 0.533. The van der Waals surface area contributed by atoms with Gasteiger partial charge in [-0.15, -0.1) is 0 Å². The number of amidine groups is 1. The lowest BCUT2D eigenvalue weighted by Crippen LogP contribution is -2.33. The Bertz CT molecular complexity index is 1080. The third kappa shape index (κ3) is 7.76. The molecule has 1 amide bonds. The average molecular weight is 512 g/mol. The van der Waals surface area contributed by atoms with Crippen LogP contribution in [0.4, 0.5) is 14.5 Å². The predicted octanol–water partition coefficient (Wildman–Crippen LogP) is 6.41. The van der Waals surface area contributed by atoms with Crippen molar-refractivity contribution in [1.29, 1.82) is 0 Å². The highest BCUT2D eigenvalue weighted by atomic mass is 19.1. The Labute approximate surface area is 219 Å². The summed E-state index contributed by atoms with van der Waals surface area (Å²) >= 11 is 0. The summed E-state index contributed by atoms with van der Waals surface area (Å²) in [7, 11) is 0.